The van der Waals surface area contributed by atoms with Crippen LogP contribution in [0.25, 0.3) is 0 Å². The Morgan fingerprint density at radius 2 is 2.08 bits per heavy atom. The molecule has 2 aromatic carbocycles. The summed E-state index contributed by atoms with van der Waals surface area (Å²) in [5, 5.41) is 4.99. The van der Waals surface area contributed by atoms with Crippen LogP contribution in [0.3, 0.4) is 0 Å². The molecule has 0 aromatic heterocycles. The number of benzene rings is 2. The SMILES string of the molecule is C=CCOc1c(I)cc(/C=N\NCc2ccccc2Cl)cc1OCC. The van der Waals surface area contributed by atoms with Crippen LogP contribution in [0.1, 0.15) is 18.1 Å². The Kier molecular flexibility index (Phi) is 8.08. The Hall–Kier alpha value is -1.73. The molecule has 0 fully saturated rings. The topological polar surface area (TPSA) is 42.8 Å². The monoisotopic (exact) mass is 470 g/mol. The fraction of sp³-hybridized carbons (Fsp3) is 0.211. The van der Waals surface area contributed by atoms with Gasteiger partial charge in [0.25, 0.3) is 0 Å². The van der Waals surface area contributed by atoms with Crippen molar-refractivity contribution in [3.8, 4) is 11.5 Å². The van der Waals surface area contributed by atoms with Crippen molar-refractivity contribution in [1.29, 1.82) is 0 Å². The predicted octanol–water partition coefficient (Wildman–Crippen LogP) is 5.03. The van der Waals surface area contributed by atoms with Crippen LogP contribution in [0.5, 0.6) is 11.5 Å². The minimum atomic E-state index is 0.433. The molecule has 6 heteroatoms. The quantitative estimate of drug-likeness (QED) is 0.242. The first-order valence-corrected chi connectivity index (χ1v) is 9.30. The molecule has 2 aromatic rings. The number of rotatable bonds is 9. The van der Waals surface area contributed by atoms with E-state index in [0.29, 0.717) is 25.5 Å². The zero-order chi connectivity index (χ0) is 18.1. The first kappa shape index (κ1) is 19.6. The van der Waals surface area contributed by atoms with Crippen LogP contribution < -0.4 is 14.9 Å². The van der Waals surface area contributed by atoms with Gasteiger partial charge in [0.1, 0.15) is 6.61 Å². The van der Waals surface area contributed by atoms with Crippen LogP contribution in [0.2, 0.25) is 5.02 Å². The molecule has 2 rings (SSSR count). The van der Waals surface area contributed by atoms with Crippen LogP contribution in [-0.2, 0) is 6.54 Å². The van der Waals surface area contributed by atoms with Crippen molar-refractivity contribution in [2.24, 2.45) is 5.10 Å². The molecule has 0 unspecified atom stereocenters. The van der Waals surface area contributed by atoms with Crippen LogP contribution in [0.15, 0.2) is 54.2 Å². The van der Waals surface area contributed by atoms with E-state index in [1.807, 2.05) is 43.3 Å². The number of halogens is 2. The summed E-state index contributed by atoms with van der Waals surface area (Å²) in [6, 6.07) is 11.6. The Morgan fingerprint density at radius 1 is 1.28 bits per heavy atom. The minimum Gasteiger partial charge on any atom is -0.490 e. The molecule has 4 nitrogen and oxygen atoms in total. The lowest BCUT2D eigenvalue weighted by atomic mass is 10.2. The molecule has 0 heterocycles. The molecule has 0 aliphatic carbocycles. The average Bonchev–Trinajstić information content (AvgIpc) is 2.60. The van der Waals surface area contributed by atoms with Crippen molar-refractivity contribution in [1.82, 2.24) is 5.43 Å². The van der Waals surface area contributed by atoms with Gasteiger partial charge in [-0.3, -0.25) is 0 Å². The fourth-order valence-electron chi connectivity index (χ4n) is 2.10. The summed E-state index contributed by atoms with van der Waals surface area (Å²) in [6.07, 6.45) is 3.46. The van der Waals surface area contributed by atoms with Gasteiger partial charge in [-0.25, -0.2) is 0 Å². The van der Waals surface area contributed by atoms with Gasteiger partial charge in [-0.1, -0.05) is 42.5 Å². The minimum absolute atomic E-state index is 0.433. The van der Waals surface area contributed by atoms with Gasteiger partial charge in [0.2, 0.25) is 0 Å². The highest BCUT2D eigenvalue weighted by atomic mass is 127. The molecule has 0 radical (unpaired) electrons. The average molecular weight is 471 g/mol. The largest absolute Gasteiger partial charge is 0.490 e. The number of hydrazone groups is 1. The zero-order valence-corrected chi connectivity index (χ0v) is 16.9. The maximum atomic E-state index is 6.13. The first-order valence-electron chi connectivity index (χ1n) is 7.85. The van der Waals surface area contributed by atoms with E-state index in [-0.39, 0.29) is 0 Å². The van der Waals surface area contributed by atoms with Crippen LogP contribution in [0.4, 0.5) is 0 Å². The molecular formula is C19H20ClIN2O2. The number of hydrogen-bond donors (Lipinski definition) is 1. The molecule has 1 N–H and O–H groups in total. The summed E-state index contributed by atoms with van der Waals surface area (Å²) in [5.74, 6) is 1.42. The Balaban J connectivity index is 2.08. The number of hydrogen-bond acceptors (Lipinski definition) is 4. The standard InChI is InChI=1S/C19H20ClIN2O2/c1-3-9-25-19-17(21)10-14(11-18(19)24-4-2)12-22-23-13-15-7-5-6-8-16(15)20/h3,5-8,10-12,23H,1,4,9,13H2,2H3/b22-12-. The molecule has 0 saturated carbocycles. The van der Waals surface area contributed by atoms with Gasteiger partial charge in [-0.15, -0.1) is 0 Å². The third kappa shape index (κ3) is 5.93. The van der Waals surface area contributed by atoms with Crippen molar-refractivity contribution >= 4 is 40.4 Å². The molecule has 0 aliphatic heterocycles. The molecule has 0 aliphatic rings. The lowest BCUT2D eigenvalue weighted by Gasteiger charge is -2.13. The van der Waals surface area contributed by atoms with Gasteiger partial charge < -0.3 is 14.9 Å². The molecule has 0 spiro atoms. The van der Waals surface area contributed by atoms with E-state index in [0.717, 1.165) is 25.5 Å². The summed E-state index contributed by atoms with van der Waals surface area (Å²) < 4.78 is 12.3. The van der Waals surface area contributed by atoms with Gasteiger partial charge >= 0.3 is 0 Å². The maximum Gasteiger partial charge on any atom is 0.174 e. The zero-order valence-electron chi connectivity index (χ0n) is 14.0. The Bertz CT molecular complexity index is 750. The van der Waals surface area contributed by atoms with E-state index >= 15 is 0 Å². The summed E-state index contributed by atoms with van der Waals surface area (Å²) >= 11 is 8.35. The number of ether oxygens (including phenoxy) is 2. The maximum absolute atomic E-state index is 6.13. The molecular weight excluding hydrogens is 451 g/mol. The Morgan fingerprint density at radius 3 is 2.80 bits per heavy atom. The van der Waals surface area contributed by atoms with Gasteiger partial charge in [0.15, 0.2) is 11.5 Å². The van der Waals surface area contributed by atoms with Crippen LogP contribution in [-0.4, -0.2) is 19.4 Å². The second-order valence-electron chi connectivity index (χ2n) is 5.05. The second kappa shape index (κ2) is 10.3. The Labute approximate surface area is 167 Å². The van der Waals surface area contributed by atoms with Crippen molar-refractivity contribution in [3.63, 3.8) is 0 Å². The van der Waals surface area contributed by atoms with E-state index in [1.165, 1.54) is 0 Å². The highest BCUT2D eigenvalue weighted by Crippen LogP contribution is 2.33. The molecule has 0 amide bonds. The van der Waals surface area contributed by atoms with Gasteiger partial charge in [0.05, 0.1) is 22.9 Å². The second-order valence-corrected chi connectivity index (χ2v) is 6.62. The lowest BCUT2D eigenvalue weighted by molar-refractivity contribution is 0.295. The van der Waals surface area contributed by atoms with Crippen molar-refractivity contribution in [2.75, 3.05) is 13.2 Å². The first-order chi connectivity index (χ1) is 12.2. The fourth-order valence-corrected chi connectivity index (χ4v) is 3.08. The van der Waals surface area contributed by atoms with Gasteiger partial charge in [-0.05, 0) is 58.8 Å². The van der Waals surface area contributed by atoms with Crippen molar-refractivity contribution in [3.05, 3.63) is 68.8 Å². The lowest BCUT2D eigenvalue weighted by Crippen LogP contribution is -2.06. The summed E-state index contributed by atoms with van der Waals surface area (Å²) in [6.45, 7) is 7.17. The van der Waals surface area contributed by atoms with Gasteiger partial charge in [0, 0.05) is 5.02 Å². The van der Waals surface area contributed by atoms with E-state index < -0.39 is 0 Å². The number of nitrogens with zero attached hydrogens (tertiary/aromatic N) is 1. The van der Waals surface area contributed by atoms with Gasteiger partial charge in [-0.2, -0.15) is 5.10 Å². The predicted molar refractivity (Wildman–Crippen MR) is 112 cm³/mol. The normalized spacial score (nSPS) is 10.7. The summed E-state index contributed by atoms with van der Waals surface area (Å²) in [7, 11) is 0. The molecule has 132 valence electrons. The van der Waals surface area contributed by atoms with Crippen molar-refractivity contribution in [2.45, 2.75) is 13.5 Å². The van der Waals surface area contributed by atoms with E-state index in [1.54, 1.807) is 12.3 Å². The molecule has 0 atom stereocenters. The summed E-state index contributed by atoms with van der Waals surface area (Å²) in [4.78, 5) is 0. The van der Waals surface area contributed by atoms with Crippen LogP contribution >= 0.6 is 34.2 Å². The molecule has 25 heavy (non-hydrogen) atoms. The highest BCUT2D eigenvalue weighted by Gasteiger charge is 2.11. The molecule has 0 bridgehead atoms. The summed E-state index contributed by atoms with van der Waals surface area (Å²) in [5.41, 5.74) is 4.93. The number of nitrogens with one attached hydrogen (secondary N) is 1. The van der Waals surface area contributed by atoms with E-state index in [4.69, 9.17) is 21.1 Å². The van der Waals surface area contributed by atoms with E-state index in [2.05, 4.69) is 39.7 Å². The van der Waals surface area contributed by atoms with Crippen LogP contribution in [0, 0.1) is 3.57 Å². The highest BCUT2D eigenvalue weighted by molar-refractivity contribution is 14.1. The van der Waals surface area contributed by atoms with E-state index in [9.17, 15) is 0 Å². The third-order valence-electron chi connectivity index (χ3n) is 3.21. The molecule has 0 saturated heterocycles. The third-order valence-corrected chi connectivity index (χ3v) is 4.38. The smallest absolute Gasteiger partial charge is 0.174 e. The van der Waals surface area contributed by atoms with Crippen molar-refractivity contribution < 1.29 is 9.47 Å².